The molecule has 0 unspecified atom stereocenters. The Bertz CT molecular complexity index is 604. The molecule has 0 spiro atoms. The van der Waals surface area contributed by atoms with Crippen LogP contribution < -0.4 is 0 Å². The first kappa shape index (κ1) is 17.3. The van der Waals surface area contributed by atoms with Gasteiger partial charge in [0, 0.05) is 31.1 Å². The molecule has 2 rings (SSSR count). The van der Waals surface area contributed by atoms with Gasteiger partial charge in [-0.15, -0.1) is 0 Å². The number of benzene rings is 1. The van der Waals surface area contributed by atoms with Crippen LogP contribution in [0.25, 0.3) is 0 Å². The minimum Gasteiger partial charge on any atom is -0.341 e. The number of thioether (sulfide) groups is 1. The van der Waals surface area contributed by atoms with E-state index < -0.39 is 10.0 Å². The minimum absolute atomic E-state index is 0.0838. The zero-order valence-corrected chi connectivity index (χ0v) is 14.6. The number of carbonyl (C=O) groups is 1. The van der Waals surface area contributed by atoms with Gasteiger partial charge in [0.05, 0.1) is 12.8 Å². The van der Waals surface area contributed by atoms with Crippen molar-refractivity contribution >= 4 is 27.7 Å². The van der Waals surface area contributed by atoms with Gasteiger partial charge < -0.3 is 4.90 Å². The summed E-state index contributed by atoms with van der Waals surface area (Å²) < 4.78 is 23.9. The Hall–Kier alpha value is -1.05. The van der Waals surface area contributed by atoms with Gasteiger partial charge in [-0.05, 0) is 12.0 Å². The van der Waals surface area contributed by atoms with Crippen LogP contribution in [0.3, 0.4) is 0 Å². The van der Waals surface area contributed by atoms with Crippen LogP contribution >= 0.6 is 11.8 Å². The molecule has 1 atom stereocenters. The molecule has 1 heterocycles. The molecule has 1 aliphatic rings. The molecule has 0 aromatic heterocycles. The Kier molecular flexibility index (Phi) is 5.88. The maximum atomic E-state index is 12.3. The summed E-state index contributed by atoms with van der Waals surface area (Å²) in [7, 11) is -1.88. The molecule has 0 bridgehead atoms. The number of amides is 1. The first-order valence-corrected chi connectivity index (χ1v) is 10.1. The van der Waals surface area contributed by atoms with Crippen LogP contribution in [0.15, 0.2) is 30.3 Å². The molecule has 1 aliphatic heterocycles. The van der Waals surface area contributed by atoms with E-state index in [1.807, 2.05) is 30.0 Å². The highest BCUT2D eigenvalue weighted by molar-refractivity contribution is 7.99. The van der Waals surface area contributed by atoms with E-state index in [4.69, 9.17) is 0 Å². The Balaban J connectivity index is 1.94. The molecule has 5 nitrogen and oxygen atoms in total. The van der Waals surface area contributed by atoms with Crippen LogP contribution in [0.5, 0.6) is 0 Å². The molecule has 1 aromatic rings. The SMILES string of the molecule is CN(CC(=O)N1CCS[C@H](c2ccccc2)CC1)S(C)(=O)=O. The van der Waals surface area contributed by atoms with E-state index in [2.05, 4.69) is 12.1 Å². The molecule has 1 fully saturated rings. The van der Waals surface area contributed by atoms with E-state index in [0.29, 0.717) is 18.3 Å². The summed E-state index contributed by atoms with van der Waals surface area (Å²) in [5, 5.41) is 0.395. The molecule has 0 saturated carbocycles. The first-order valence-electron chi connectivity index (χ1n) is 7.23. The number of carbonyl (C=O) groups excluding carboxylic acids is 1. The Morgan fingerprint density at radius 1 is 1.32 bits per heavy atom. The number of likely N-dealkylation sites (N-methyl/N-ethyl adjacent to an activating group) is 1. The van der Waals surface area contributed by atoms with Gasteiger partial charge in [-0.1, -0.05) is 30.3 Å². The molecule has 1 amide bonds. The van der Waals surface area contributed by atoms with Crippen molar-refractivity contribution in [3.05, 3.63) is 35.9 Å². The van der Waals surface area contributed by atoms with Crippen LogP contribution in [-0.2, 0) is 14.8 Å². The summed E-state index contributed by atoms with van der Waals surface area (Å²) >= 11 is 1.86. The Labute approximate surface area is 136 Å². The van der Waals surface area contributed by atoms with Gasteiger partial charge in [0.1, 0.15) is 0 Å². The van der Waals surface area contributed by atoms with Crippen LogP contribution in [-0.4, -0.2) is 62.2 Å². The van der Waals surface area contributed by atoms with Crippen molar-refractivity contribution in [1.82, 2.24) is 9.21 Å². The lowest BCUT2D eigenvalue weighted by Gasteiger charge is -2.23. The van der Waals surface area contributed by atoms with Crippen molar-refractivity contribution in [2.45, 2.75) is 11.7 Å². The fourth-order valence-electron chi connectivity index (χ4n) is 2.36. The summed E-state index contributed by atoms with van der Waals surface area (Å²) in [6.07, 6.45) is 2.01. The fraction of sp³-hybridized carbons (Fsp3) is 0.533. The van der Waals surface area contributed by atoms with Gasteiger partial charge in [-0.2, -0.15) is 16.1 Å². The van der Waals surface area contributed by atoms with Crippen LogP contribution in [0.4, 0.5) is 0 Å². The molecule has 122 valence electrons. The van der Waals surface area contributed by atoms with Crippen molar-refractivity contribution in [3.8, 4) is 0 Å². The molecule has 7 heteroatoms. The lowest BCUT2D eigenvalue weighted by Crippen LogP contribution is -2.41. The zero-order chi connectivity index (χ0) is 16.2. The average Bonchev–Trinajstić information content (AvgIpc) is 2.73. The van der Waals surface area contributed by atoms with Crippen molar-refractivity contribution in [3.63, 3.8) is 0 Å². The number of hydrogen-bond donors (Lipinski definition) is 0. The summed E-state index contributed by atoms with van der Waals surface area (Å²) in [6, 6.07) is 10.3. The highest BCUT2D eigenvalue weighted by Gasteiger charge is 2.24. The second-order valence-corrected chi connectivity index (χ2v) is 8.86. The third-order valence-electron chi connectivity index (χ3n) is 3.79. The third-order valence-corrected chi connectivity index (χ3v) is 6.38. The van der Waals surface area contributed by atoms with Gasteiger partial charge in [0.25, 0.3) is 0 Å². The molecule has 0 aliphatic carbocycles. The van der Waals surface area contributed by atoms with Gasteiger partial charge in [-0.3, -0.25) is 4.79 Å². The molecule has 0 radical (unpaired) electrons. The first-order chi connectivity index (χ1) is 10.4. The van der Waals surface area contributed by atoms with Crippen LogP contribution in [0.1, 0.15) is 17.2 Å². The maximum Gasteiger partial charge on any atom is 0.237 e. The lowest BCUT2D eigenvalue weighted by molar-refractivity contribution is -0.130. The zero-order valence-electron chi connectivity index (χ0n) is 12.9. The third kappa shape index (κ3) is 4.72. The maximum absolute atomic E-state index is 12.3. The standard InChI is InChI=1S/C15H22N2O3S2/c1-16(22(2,19)20)12-15(18)17-9-8-14(21-11-10-17)13-6-4-3-5-7-13/h3-7,14H,8-12H2,1-2H3/t14-/m0/s1. The molecular weight excluding hydrogens is 320 g/mol. The van der Waals surface area contributed by atoms with E-state index in [1.165, 1.54) is 12.6 Å². The summed E-state index contributed by atoms with van der Waals surface area (Å²) in [5.74, 6) is 0.746. The number of sulfonamides is 1. The van der Waals surface area contributed by atoms with E-state index in [1.54, 1.807) is 4.90 Å². The Morgan fingerprint density at radius 3 is 2.64 bits per heavy atom. The van der Waals surface area contributed by atoms with E-state index in [-0.39, 0.29) is 12.5 Å². The van der Waals surface area contributed by atoms with Gasteiger partial charge in [0.2, 0.25) is 15.9 Å². The monoisotopic (exact) mass is 342 g/mol. The quantitative estimate of drug-likeness (QED) is 0.834. The van der Waals surface area contributed by atoms with Crippen molar-refractivity contribution < 1.29 is 13.2 Å². The normalized spacial score (nSPS) is 20.0. The largest absolute Gasteiger partial charge is 0.341 e. The summed E-state index contributed by atoms with van der Waals surface area (Å²) in [6.45, 7) is 1.26. The fourth-order valence-corrected chi connectivity index (χ4v) is 3.94. The van der Waals surface area contributed by atoms with Crippen LogP contribution in [0.2, 0.25) is 0 Å². The second-order valence-electron chi connectivity index (χ2n) is 5.46. The highest BCUT2D eigenvalue weighted by Crippen LogP contribution is 2.34. The molecule has 1 saturated heterocycles. The van der Waals surface area contributed by atoms with Gasteiger partial charge in [0.15, 0.2) is 0 Å². The molecule has 1 aromatic carbocycles. The van der Waals surface area contributed by atoms with Crippen LogP contribution in [0, 0.1) is 0 Å². The smallest absolute Gasteiger partial charge is 0.237 e. The summed E-state index contributed by atoms with van der Waals surface area (Å²) in [5.41, 5.74) is 1.29. The average molecular weight is 342 g/mol. The van der Waals surface area contributed by atoms with Crippen molar-refractivity contribution in [1.29, 1.82) is 0 Å². The molecule has 22 heavy (non-hydrogen) atoms. The minimum atomic E-state index is -3.32. The molecule has 0 N–H and O–H groups in total. The number of hydrogen-bond acceptors (Lipinski definition) is 4. The highest BCUT2D eigenvalue weighted by atomic mass is 32.2. The number of nitrogens with zero attached hydrogens (tertiary/aromatic N) is 2. The predicted octanol–water partition coefficient (Wildman–Crippen LogP) is 1.58. The Morgan fingerprint density at radius 2 is 2.00 bits per heavy atom. The lowest BCUT2D eigenvalue weighted by atomic mass is 10.1. The van der Waals surface area contributed by atoms with E-state index in [9.17, 15) is 13.2 Å². The van der Waals surface area contributed by atoms with Gasteiger partial charge in [-0.25, -0.2) is 8.42 Å². The topological polar surface area (TPSA) is 57.7 Å². The number of rotatable bonds is 4. The van der Waals surface area contributed by atoms with Crippen molar-refractivity contribution in [2.75, 3.05) is 38.7 Å². The second kappa shape index (κ2) is 7.48. The van der Waals surface area contributed by atoms with Gasteiger partial charge >= 0.3 is 0 Å². The molecular formula is C15H22N2O3S2. The summed E-state index contributed by atoms with van der Waals surface area (Å²) in [4.78, 5) is 14.0. The van der Waals surface area contributed by atoms with E-state index >= 15 is 0 Å². The van der Waals surface area contributed by atoms with Crippen molar-refractivity contribution in [2.24, 2.45) is 0 Å². The van der Waals surface area contributed by atoms with E-state index in [0.717, 1.165) is 22.7 Å². The predicted molar refractivity (Wildman–Crippen MR) is 90.3 cm³/mol.